The van der Waals surface area contributed by atoms with E-state index in [0.29, 0.717) is 10.7 Å². The highest BCUT2D eigenvalue weighted by Gasteiger charge is 2.10. The summed E-state index contributed by atoms with van der Waals surface area (Å²) in [5, 5.41) is 12.6. The monoisotopic (exact) mass is 237 g/mol. The second-order valence-electron chi connectivity index (χ2n) is 2.66. The first-order valence-electron chi connectivity index (χ1n) is 4.25. The van der Waals surface area contributed by atoms with Crippen molar-refractivity contribution >= 4 is 29.0 Å². The van der Waals surface area contributed by atoms with Crippen molar-refractivity contribution < 1.29 is 9.53 Å². The van der Waals surface area contributed by atoms with E-state index in [1.807, 2.05) is 0 Å². The Morgan fingerprint density at radius 1 is 1.56 bits per heavy atom. The molecule has 16 heavy (non-hydrogen) atoms. The van der Waals surface area contributed by atoms with Gasteiger partial charge < -0.3 is 4.74 Å². The lowest BCUT2D eigenvalue weighted by atomic mass is 10.3. The average Bonchev–Trinajstić information content (AvgIpc) is 2.31. The third-order valence-corrected chi connectivity index (χ3v) is 1.98. The van der Waals surface area contributed by atoms with Crippen LogP contribution in [0.4, 0.5) is 5.69 Å². The minimum absolute atomic E-state index is 0.373. The third-order valence-electron chi connectivity index (χ3n) is 1.65. The molecule has 0 amide bonds. The number of nitrogens with one attached hydrogen (secondary N) is 1. The SMILES string of the molecule is COC(=O)C(C#N)=NNc1ccccc1Cl. The molecule has 82 valence electrons. The number of hydrazone groups is 1. The Kier molecular flexibility index (Phi) is 4.30. The van der Waals surface area contributed by atoms with Crippen LogP contribution in [-0.2, 0) is 9.53 Å². The summed E-state index contributed by atoms with van der Waals surface area (Å²) in [7, 11) is 1.17. The number of hydrogen-bond donors (Lipinski definition) is 1. The maximum atomic E-state index is 11.0. The predicted octanol–water partition coefficient (Wildman–Crippen LogP) is 1.80. The van der Waals surface area contributed by atoms with Crippen LogP contribution < -0.4 is 5.43 Å². The molecule has 0 saturated heterocycles. The second kappa shape index (κ2) is 5.73. The lowest BCUT2D eigenvalue weighted by Gasteiger charge is -2.02. The number of hydrogen-bond acceptors (Lipinski definition) is 5. The molecule has 6 heteroatoms. The average molecular weight is 238 g/mol. The van der Waals surface area contributed by atoms with Gasteiger partial charge in [0.1, 0.15) is 6.07 Å². The van der Waals surface area contributed by atoms with Crippen LogP contribution in [0.2, 0.25) is 5.02 Å². The van der Waals surface area contributed by atoms with Crippen LogP contribution in [0.3, 0.4) is 0 Å². The fraction of sp³-hybridized carbons (Fsp3) is 0.100. The Morgan fingerprint density at radius 2 is 2.25 bits per heavy atom. The molecule has 0 atom stereocenters. The number of methoxy groups -OCH3 is 1. The smallest absolute Gasteiger partial charge is 0.369 e. The Balaban J connectivity index is 2.84. The maximum absolute atomic E-state index is 11.0. The second-order valence-corrected chi connectivity index (χ2v) is 3.06. The number of carbonyl (C=O) groups excluding carboxylic acids is 1. The van der Waals surface area contributed by atoms with Crippen molar-refractivity contribution in [2.75, 3.05) is 12.5 Å². The van der Waals surface area contributed by atoms with E-state index in [4.69, 9.17) is 16.9 Å². The van der Waals surface area contributed by atoms with E-state index in [0.717, 1.165) is 0 Å². The van der Waals surface area contributed by atoms with E-state index >= 15 is 0 Å². The van der Waals surface area contributed by atoms with Gasteiger partial charge in [-0.25, -0.2) is 4.79 Å². The summed E-state index contributed by atoms with van der Waals surface area (Å²) >= 11 is 5.83. The van der Waals surface area contributed by atoms with Gasteiger partial charge in [0.05, 0.1) is 17.8 Å². The molecule has 1 N–H and O–H groups in total. The molecule has 1 aromatic rings. The van der Waals surface area contributed by atoms with Crippen LogP contribution in [0.15, 0.2) is 29.4 Å². The molecular formula is C10H8ClN3O2. The summed E-state index contributed by atoms with van der Waals surface area (Å²) in [5.74, 6) is -0.804. The molecule has 0 saturated carbocycles. The molecule has 0 aliphatic rings. The van der Waals surface area contributed by atoms with Crippen molar-refractivity contribution in [3.05, 3.63) is 29.3 Å². The zero-order valence-electron chi connectivity index (χ0n) is 8.40. The minimum Gasteiger partial charge on any atom is -0.464 e. The number of ether oxygens (including phenoxy) is 1. The van der Waals surface area contributed by atoms with Gasteiger partial charge in [0.25, 0.3) is 0 Å². The molecule has 5 nitrogen and oxygen atoms in total. The summed E-state index contributed by atoms with van der Waals surface area (Å²) in [6.07, 6.45) is 0. The van der Waals surface area contributed by atoms with Gasteiger partial charge in [-0.1, -0.05) is 23.7 Å². The Morgan fingerprint density at radius 3 is 2.81 bits per heavy atom. The topological polar surface area (TPSA) is 74.5 Å². The molecule has 0 unspecified atom stereocenters. The third kappa shape index (κ3) is 2.97. The number of esters is 1. The Labute approximate surface area is 97.3 Å². The number of halogens is 1. The van der Waals surface area contributed by atoms with Crippen LogP contribution in [-0.4, -0.2) is 18.8 Å². The maximum Gasteiger partial charge on any atom is 0.369 e. The fourth-order valence-electron chi connectivity index (χ4n) is 0.881. The van der Waals surface area contributed by atoms with Gasteiger partial charge in [-0.2, -0.15) is 10.4 Å². The van der Waals surface area contributed by atoms with Crippen molar-refractivity contribution in [3.63, 3.8) is 0 Å². The fourth-order valence-corrected chi connectivity index (χ4v) is 1.06. The van der Waals surface area contributed by atoms with E-state index in [-0.39, 0.29) is 5.71 Å². The lowest BCUT2D eigenvalue weighted by molar-refractivity contribution is -0.132. The van der Waals surface area contributed by atoms with Gasteiger partial charge in [0, 0.05) is 0 Å². The van der Waals surface area contributed by atoms with E-state index in [1.54, 1.807) is 30.3 Å². The summed E-state index contributed by atoms with van der Waals surface area (Å²) in [4.78, 5) is 11.0. The van der Waals surface area contributed by atoms with Crippen molar-refractivity contribution in [3.8, 4) is 6.07 Å². The first kappa shape index (κ1) is 12.0. The van der Waals surface area contributed by atoms with Gasteiger partial charge in [-0.3, -0.25) is 5.43 Å². The van der Waals surface area contributed by atoms with E-state index < -0.39 is 5.97 Å². The van der Waals surface area contributed by atoms with Crippen molar-refractivity contribution in [2.24, 2.45) is 5.10 Å². The number of nitrogens with zero attached hydrogens (tertiary/aromatic N) is 2. The zero-order valence-corrected chi connectivity index (χ0v) is 9.15. The standard InChI is InChI=1S/C10H8ClN3O2/c1-16-10(15)9(6-12)14-13-8-5-3-2-4-7(8)11/h2-5,13H,1H3. The van der Waals surface area contributed by atoms with E-state index in [9.17, 15) is 4.79 Å². The summed E-state index contributed by atoms with van der Waals surface area (Å²) in [6.45, 7) is 0. The molecule has 1 aromatic carbocycles. The number of para-hydroxylation sites is 1. The van der Waals surface area contributed by atoms with E-state index in [1.165, 1.54) is 7.11 Å². The van der Waals surface area contributed by atoms with Crippen molar-refractivity contribution in [2.45, 2.75) is 0 Å². The van der Waals surface area contributed by atoms with Gasteiger partial charge in [-0.15, -0.1) is 0 Å². The van der Waals surface area contributed by atoms with Gasteiger partial charge in [0.15, 0.2) is 0 Å². The minimum atomic E-state index is -0.804. The first-order valence-corrected chi connectivity index (χ1v) is 4.63. The van der Waals surface area contributed by atoms with Crippen LogP contribution >= 0.6 is 11.6 Å². The molecule has 0 radical (unpaired) electrons. The largest absolute Gasteiger partial charge is 0.464 e. The lowest BCUT2D eigenvalue weighted by Crippen LogP contribution is -2.15. The quantitative estimate of drug-likeness (QED) is 0.494. The number of anilines is 1. The number of carbonyl (C=O) groups is 1. The molecule has 0 fully saturated rings. The van der Waals surface area contributed by atoms with Gasteiger partial charge in [-0.05, 0) is 12.1 Å². The highest BCUT2D eigenvalue weighted by atomic mass is 35.5. The van der Waals surface area contributed by atoms with E-state index in [2.05, 4.69) is 15.3 Å². The normalized spacial score (nSPS) is 10.4. The van der Waals surface area contributed by atoms with Crippen LogP contribution in [0, 0.1) is 11.3 Å². The van der Waals surface area contributed by atoms with Crippen LogP contribution in [0.25, 0.3) is 0 Å². The summed E-state index contributed by atoms with van der Waals surface area (Å²) in [5.41, 5.74) is 2.64. The number of benzene rings is 1. The molecular weight excluding hydrogens is 230 g/mol. The molecule has 0 aliphatic heterocycles. The Bertz CT molecular complexity index is 465. The van der Waals surface area contributed by atoms with Gasteiger partial charge in [0.2, 0.25) is 5.71 Å². The zero-order chi connectivity index (χ0) is 12.0. The molecule has 0 bridgehead atoms. The molecule has 0 aliphatic carbocycles. The number of rotatable bonds is 3. The highest BCUT2D eigenvalue weighted by molar-refractivity contribution is 6.43. The van der Waals surface area contributed by atoms with Gasteiger partial charge >= 0.3 is 5.97 Å². The highest BCUT2D eigenvalue weighted by Crippen LogP contribution is 2.20. The van der Waals surface area contributed by atoms with Crippen molar-refractivity contribution in [1.29, 1.82) is 5.26 Å². The molecule has 0 aromatic heterocycles. The van der Waals surface area contributed by atoms with Crippen LogP contribution in [0.5, 0.6) is 0 Å². The summed E-state index contributed by atoms with van der Waals surface area (Å²) < 4.78 is 4.36. The molecule has 0 heterocycles. The predicted molar refractivity (Wildman–Crippen MR) is 60.1 cm³/mol. The van der Waals surface area contributed by atoms with Crippen LogP contribution in [0.1, 0.15) is 0 Å². The first-order chi connectivity index (χ1) is 7.69. The summed E-state index contributed by atoms with van der Waals surface area (Å²) in [6, 6.07) is 8.43. The van der Waals surface area contributed by atoms with Crippen molar-refractivity contribution in [1.82, 2.24) is 0 Å². The molecule has 1 rings (SSSR count). The number of nitriles is 1. The Hall–Kier alpha value is -2.06. The molecule has 0 spiro atoms.